The second kappa shape index (κ2) is 48.6. The molecule has 0 unspecified atom stereocenters. The van der Waals surface area contributed by atoms with Crippen LogP contribution in [0.2, 0.25) is 0 Å². The first-order chi connectivity index (χ1) is 66.7. The molecule has 4 aromatic heterocycles. The molecule has 4 N–H and O–H groups in total. The van der Waals surface area contributed by atoms with E-state index < -0.39 is 54.8 Å². The van der Waals surface area contributed by atoms with Crippen LogP contribution in [0.25, 0.3) is 45.3 Å². The van der Waals surface area contributed by atoms with Crippen molar-refractivity contribution < 1.29 is 104 Å². The first-order valence-corrected chi connectivity index (χ1v) is 43.5. The number of nitrogens with zero attached hydrogens (tertiary/aromatic N) is 4. The van der Waals surface area contributed by atoms with E-state index >= 15 is 0 Å². The van der Waals surface area contributed by atoms with Crippen molar-refractivity contribution in [1.82, 2.24) is 19.6 Å². The maximum absolute atomic E-state index is 13.5. The van der Waals surface area contributed by atoms with Crippen molar-refractivity contribution in [2.45, 2.75) is 153 Å². The van der Waals surface area contributed by atoms with Gasteiger partial charge in [0.25, 0.3) is 23.6 Å². The molecule has 8 aromatic carbocycles. The van der Waals surface area contributed by atoms with Crippen LogP contribution in [-0.4, -0.2) is 138 Å². The molecule has 24 nitrogen and oxygen atoms in total. The highest BCUT2D eigenvalue weighted by molar-refractivity contribution is 5.97. The van der Waals surface area contributed by atoms with E-state index in [1.54, 1.807) is 199 Å². The number of allylic oxidation sites excluding steroid dienone is 2. The van der Waals surface area contributed by atoms with Crippen molar-refractivity contribution in [3.63, 3.8) is 0 Å². The van der Waals surface area contributed by atoms with E-state index in [0.29, 0.717) is 96.2 Å². The van der Waals surface area contributed by atoms with Gasteiger partial charge in [0.1, 0.15) is 72.5 Å². The third kappa shape index (κ3) is 29.2. The summed E-state index contributed by atoms with van der Waals surface area (Å²) in [6.45, 7) is -3.15. The van der Waals surface area contributed by atoms with Gasteiger partial charge in [-0.1, -0.05) is 169 Å². The zero-order valence-electron chi connectivity index (χ0n) is 78.5. The molecule has 4 saturated carbocycles. The first kappa shape index (κ1) is 85.9. The summed E-state index contributed by atoms with van der Waals surface area (Å²) in [6, 6.07) is 69.0. The van der Waals surface area contributed by atoms with Crippen molar-refractivity contribution in [2.75, 3.05) is 26.4 Å². The zero-order valence-corrected chi connectivity index (χ0v) is 72.5. The van der Waals surface area contributed by atoms with Gasteiger partial charge in [0.2, 0.25) is 0 Å². The second-order valence-corrected chi connectivity index (χ2v) is 30.9. The Bertz CT molecular complexity index is 6310. The second-order valence-electron chi connectivity index (χ2n) is 30.9. The summed E-state index contributed by atoms with van der Waals surface area (Å²) in [4.78, 5) is 102. The molecule has 0 saturated heterocycles. The molecular weight excluding hydrogens is 1670 g/mol. The number of carboxylic acid groups (broad SMARTS) is 4. The number of hydrogen-bond donors (Lipinski definition) is 4. The highest BCUT2D eigenvalue weighted by Crippen LogP contribution is 2.38. The van der Waals surface area contributed by atoms with Crippen LogP contribution in [0.5, 0.6) is 23.0 Å². The van der Waals surface area contributed by atoms with Crippen LogP contribution in [0.1, 0.15) is 175 Å². The van der Waals surface area contributed by atoms with Crippen LogP contribution in [0, 0.1) is 23.7 Å². The smallest absolute Gasteiger partial charge is 0.304 e. The standard InChI is InChI=1S/2C27H27NO5.2C27H25NO5/c4*29-26(30)10-2-1-5-17-32-25-8-4-3-7-22(25)19-28(23-15-16-23)27(31)21-13-11-20(12-14-21)24-9-6-18-33-24/h2*1,3-9,11-14,18,23H,2,10,15-17,19H2,(H,29,30);2*3-4,6-9,11-14,18,23H,2,10,15-17,19H2,(H,29,30)/b2*5-1+;;/i23D;19D2;23D;19D2. The normalized spacial score (nSPS) is 14.2. The largest absolute Gasteiger partial charge is 0.489 e. The third-order valence-corrected chi connectivity index (χ3v) is 20.9. The van der Waals surface area contributed by atoms with Crippen LogP contribution in [-0.2, 0) is 45.3 Å². The molecule has 4 aliphatic carbocycles. The molecule has 0 spiro atoms. The lowest BCUT2D eigenvalue weighted by Gasteiger charge is -2.24. The number of benzene rings is 8. The number of ether oxygens (including phenoxy) is 4. The number of carbonyl (C=O) groups excluding carboxylic acids is 4. The fourth-order valence-corrected chi connectivity index (χ4v) is 13.5. The lowest BCUT2D eigenvalue weighted by Crippen LogP contribution is -2.32. The quantitative estimate of drug-likeness (QED) is 0.0205. The average Bonchev–Trinajstić information content (AvgIpc) is 1.63. The number of rotatable bonds is 40. The summed E-state index contributed by atoms with van der Waals surface area (Å²) in [6.07, 6.45) is 20.2. The molecule has 4 aliphatic rings. The molecule has 12 aromatic rings. The number of carboxylic acids is 4. The van der Waals surface area contributed by atoms with Gasteiger partial charge in [-0.3, -0.25) is 38.4 Å². The fourth-order valence-electron chi connectivity index (χ4n) is 13.5. The molecule has 4 fully saturated rings. The van der Waals surface area contributed by atoms with Crippen LogP contribution in [0.15, 0.2) is 310 Å². The van der Waals surface area contributed by atoms with E-state index in [2.05, 4.69) is 23.7 Å². The van der Waals surface area contributed by atoms with Gasteiger partial charge in [-0.25, -0.2) is 0 Å². The van der Waals surface area contributed by atoms with E-state index in [4.69, 9.17) is 65.3 Å². The van der Waals surface area contributed by atoms with E-state index in [-0.39, 0.29) is 118 Å². The SMILES string of the molecule is [2H]C([2H])(c1ccccc1OC/C=C/CCC(=O)O)N(C(=O)c1ccc(-c2ccco2)cc1)C1CC1.[2H]C([2H])(c1ccccc1OCC#CCCC(=O)O)N(C(=O)c1ccc(-c2ccco2)cc1)C1CC1.[2H]C1(N(Cc2ccccc2OC/C=C/CCC(=O)O)C(=O)c2ccc(-c3ccco3)cc2)CC1.[2H]C1(N(Cc2ccccc2OCC#CCCC(=O)O)C(=O)c2ccc(-c3ccco3)cc2)CC1. The number of hydrogen-bond acceptors (Lipinski definition) is 16. The third-order valence-electron chi connectivity index (χ3n) is 20.9. The van der Waals surface area contributed by atoms with Crippen LogP contribution >= 0.6 is 0 Å². The van der Waals surface area contributed by atoms with Gasteiger partial charge in [0.05, 0.1) is 46.1 Å². The number of amides is 4. The molecule has 676 valence electrons. The van der Waals surface area contributed by atoms with Gasteiger partial charge >= 0.3 is 23.9 Å². The topological polar surface area (TPSA) is 320 Å². The lowest BCUT2D eigenvalue weighted by molar-refractivity contribution is -0.137. The van der Waals surface area contributed by atoms with Crippen molar-refractivity contribution >= 4 is 47.5 Å². The average molecular weight is 1780 g/mol. The number of para-hydroxylation sites is 4. The van der Waals surface area contributed by atoms with Crippen LogP contribution in [0.4, 0.5) is 0 Å². The minimum Gasteiger partial charge on any atom is -0.489 e. The molecule has 0 atom stereocenters. The molecule has 16 rings (SSSR count). The molecule has 4 amide bonds. The molecular formula is C108H104N4O20. The van der Waals surface area contributed by atoms with E-state index in [9.17, 15) is 38.4 Å². The van der Waals surface area contributed by atoms with Crippen molar-refractivity contribution in [3.05, 3.63) is 337 Å². The monoisotopic (exact) mass is 1780 g/mol. The van der Waals surface area contributed by atoms with Gasteiger partial charge in [0, 0.05) is 143 Å². The Morgan fingerprint density at radius 1 is 0.326 bits per heavy atom. The Balaban J connectivity index is 0.000000155. The predicted molar refractivity (Wildman–Crippen MR) is 497 cm³/mol. The number of furan rings is 4. The van der Waals surface area contributed by atoms with E-state index in [0.717, 1.165) is 70.6 Å². The Morgan fingerprint density at radius 3 is 0.894 bits per heavy atom. The fraction of sp³-hybridized carbons (Fsp3) is 0.259. The molecule has 0 bridgehead atoms. The van der Waals surface area contributed by atoms with Gasteiger partial charge in [-0.15, -0.1) is 0 Å². The minimum atomic E-state index is -2.12. The van der Waals surface area contributed by atoms with Crippen LogP contribution < -0.4 is 18.9 Å². The Hall–Kier alpha value is -15.6. The first-order valence-electron chi connectivity index (χ1n) is 46.5. The molecule has 4 heterocycles. The summed E-state index contributed by atoms with van der Waals surface area (Å²) in [5.74, 6) is 11.1. The Labute approximate surface area is 774 Å². The van der Waals surface area contributed by atoms with Gasteiger partial charge in [-0.05, 0) is 186 Å². The van der Waals surface area contributed by atoms with E-state index in [1.165, 1.54) is 9.80 Å². The molecule has 0 radical (unpaired) electrons. The Morgan fingerprint density at radius 2 is 0.606 bits per heavy atom. The van der Waals surface area contributed by atoms with Crippen molar-refractivity contribution in [1.29, 1.82) is 0 Å². The molecule has 0 aliphatic heterocycles. The van der Waals surface area contributed by atoms with Crippen molar-refractivity contribution in [3.8, 4) is 92.0 Å². The van der Waals surface area contributed by atoms with Gasteiger partial charge in [0.15, 0.2) is 0 Å². The summed E-state index contributed by atoms with van der Waals surface area (Å²) >= 11 is 0. The molecule has 24 heteroatoms. The van der Waals surface area contributed by atoms with Crippen molar-refractivity contribution in [2.24, 2.45) is 0 Å². The van der Waals surface area contributed by atoms with Crippen LogP contribution in [0.3, 0.4) is 0 Å². The number of carbonyl (C=O) groups is 8. The highest BCUT2D eigenvalue weighted by atomic mass is 16.5. The Kier molecular flexibility index (Phi) is 31.6. The van der Waals surface area contributed by atoms with Gasteiger partial charge < -0.3 is 76.6 Å². The summed E-state index contributed by atoms with van der Waals surface area (Å²) in [5, 5.41) is 34.8. The summed E-state index contributed by atoms with van der Waals surface area (Å²) in [7, 11) is 0. The zero-order chi connectivity index (χ0) is 97.6. The molecule has 132 heavy (non-hydrogen) atoms. The minimum absolute atomic E-state index is 0.00522. The lowest BCUT2D eigenvalue weighted by atomic mass is 10.1. The number of aliphatic carboxylic acids is 4. The highest BCUT2D eigenvalue weighted by Gasteiger charge is 2.38. The van der Waals surface area contributed by atoms with E-state index in [1.807, 2.05) is 103 Å². The summed E-state index contributed by atoms with van der Waals surface area (Å²) < 4.78 is 98.0. The maximum Gasteiger partial charge on any atom is 0.304 e. The maximum atomic E-state index is 13.5. The van der Waals surface area contributed by atoms with Gasteiger partial charge in [-0.2, -0.15) is 0 Å². The summed E-state index contributed by atoms with van der Waals surface area (Å²) in [5.41, 5.74) is 7.36. The predicted octanol–water partition coefficient (Wildman–Crippen LogP) is 21.1.